The molecule has 8 heteroatoms. The molecule has 0 bridgehead atoms. The van der Waals surface area contributed by atoms with Gasteiger partial charge in [0, 0.05) is 49.3 Å². The van der Waals surface area contributed by atoms with E-state index in [9.17, 15) is 4.79 Å². The molecule has 2 aliphatic rings. The molecule has 0 atom stereocenters. The maximum atomic E-state index is 13.0. The van der Waals surface area contributed by atoms with Gasteiger partial charge in [-0.2, -0.15) is 5.10 Å². The Hall–Kier alpha value is -3.84. The molecule has 0 radical (unpaired) electrons. The van der Waals surface area contributed by atoms with Gasteiger partial charge in [-0.15, -0.1) is 0 Å². The van der Waals surface area contributed by atoms with Crippen molar-refractivity contribution in [1.29, 1.82) is 0 Å². The van der Waals surface area contributed by atoms with Crippen molar-refractivity contribution >= 4 is 34.7 Å². The molecular weight excluding hydrogens is 460 g/mol. The van der Waals surface area contributed by atoms with Crippen LogP contribution in [-0.4, -0.2) is 33.8 Å². The molecule has 1 fully saturated rings. The van der Waals surface area contributed by atoms with Crippen LogP contribution >= 0.6 is 11.6 Å². The Morgan fingerprint density at radius 3 is 2.43 bits per heavy atom. The third kappa shape index (κ3) is 3.46. The third-order valence-corrected chi connectivity index (χ3v) is 7.69. The van der Waals surface area contributed by atoms with Crippen molar-refractivity contribution in [1.82, 2.24) is 14.8 Å². The molecule has 4 aromatic rings. The van der Waals surface area contributed by atoms with E-state index in [0.717, 1.165) is 39.2 Å². The number of hydrogen-bond acceptors (Lipinski definition) is 5. The molecule has 35 heavy (non-hydrogen) atoms. The lowest BCUT2D eigenvalue weighted by Crippen LogP contribution is -2.46. The van der Waals surface area contributed by atoms with Crippen molar-refractivity contribution in [2.45, 2.75) is 18.3 Å². The number of hydrogen-bond donors (Lipinski definition) is 2. The Kier molecular flexibility index (Phi) is 5.04. The van der Waals surface area contributed by atoms with Crippen LogP contribution in [0.5, 0.6) is 0 Å². The van der Waals surface area contributed by atoms with Gasteiger partial charge in [0.05, 0.1) is 17.3 Å². The van der Waals surface area contributed by atoms with Gasteiger partial charge in [0.2, 0.25) is 5.91 Å². The largest absolute Gasteiger partial charge is 0.382 e. The van der Waals surface area contributed by atoms with E-state index in [1.54, 1.807) is 10.9 Å². The van der Waals surface area contributed by atoms with Crippen LogP contribution in [0.25, 0.3) is 22.3 Å². The number of nitrogens with one attached hydrogen (secondary N) is 1. The minimum absolute atomic E-state index is 0.0879. The van der Waals surface area contributed by atoms with E-state index in [1.165, 1.54) is 0 Å². The number of aryl methyl sites for hydroxylation is 1. The van der Waals surface area contributed by atoms with Gasteiger partial charge in [0.1, 0.15) is 10.8 Å². The highest BCUT2D eigenvalue weighted by Crippen LogP contribution is 2.47. The molecular formula is C27H25ClN6O. The van der Waals surface area contributed by atoms with Crippen LogP contribution in [0.1, 0.15) is 18.4 Å². The predicted octanol–water partition coefficient (Wildman–Crippen LogP) is 4.88. The monoisotopic (exact) mass is 484 g/mol. The van der Waals surface area contributed by atoms with Gasteiger partial charge >= 0.3 is 0 Å². The van der Waals surface area contributed by atoms with E-state index in [4.69, 9.17) is 17.3 Å². The smallest absolute Gasteiger partial charge is 0.235 e. The van der Waals surface area contributed by atoms with E-state index < -0.39 is 5.41 Å². The van der Waals surface area contributed by atoms with E-state index in [1.807, 2.05) is 37.6 Å². The van der Waals surface area contributed by atoms with Crippen LogP contribution in [0, 0.1) is 0 Å². The lowest BCUT2D eigenvalue weighted by atomic mass is 9.73. The summed E-state index contributed by atoms with van der Waals surface area (Å²) in [6.07, 6.45) is 7.03. The van der Waals surface area contributed by atoms with E-state index in [-0.39, 0.29) is 5.91 Å². The number of fused-ring (bicyclic) bond motifs is 2. The highest BCUT2D eigenvalue weighted by Gasteiger charge is 2.48. The zero-order valence-corrected chi connectivity index (χ0v) is 20.1. The third-order valence-electron chi connectivity index (χ3n) is 7.31. The highest BCUT2D eigenvalue weighted by atomic mass is 35.5. The van der Waals surface area contributed by atoms with Crippen molar-refractivity contribution in [3.8, 4) is 22.3 Å². The SMILES string of the molecule is Cn1cc(-c2ccc(-c3cnc(N)c(Cl)c3N3CCC4(CC3)C(=O)Nc3ccccc34)cc2)cn1. The zero-order chi connectivity index (χ0) is 24.2. The molecule has 7 nitrogen and oxygen atoms in total. The Balaban J connectivity index is 1.33. The summed E-state index contributed by atoms with van der Waals surface area (Å²) in [6.45, 7) is 1.37. The summed E-state index contributed by atoms with van der Waals surface area (Å²) in [7, 11) is 1.91. The summed E-state index contributed by atoms with van der Waals surface area (Å²) in [5, 5.41) is 7.78. The van der Waals surface area contributed by atoms with Gasteiger partial charge in [-0.25, -0.2) is 4.98 Å². The second-order valence-electron chi connectivity index (χ2n) is 9.27. The first kappa shape index (κ1) is 21.7. The fraction of sp³-hybridized carbons (Fsp3) is 0.222. The van der Waals surface area contributed by atoms with Crippen molar-refractivity contribution in [2.24, 2.45) is 7.05 Å². The molecule has 1 saturated heterocycles. The van der Waals surface area contributed by atoms with Gasteiger partial charge in [0.25, 0.3) is 0 Å². The number of halogens is 1. The summed E-state index contributed by atoms with van der Waals surface area (Å²) in [6, 6.07) is 16.3. The summed E-state index contributed by atoms with van der Waals surface area (Å²) in [5.74, 6) is 0.395. The maximum absolute atomic E-state index is 13.0. The normalized spacial score (nSPS) is 16.4. The molecule has 0 saturated carbocycles. The lowest BCUT2D eigenvalue weighted by molar-refractivity contribution is -0.121. The number of anilines is 3. The molecule has 2 aromatic heterocycles. The summed E-state index contributed by atoms with van der Waals surface area (Å²) in [5.41, 5.74) is 12.6. The Bertz CT molecular complexity index is 1440. The molecule has 2 aliphatic heterocycles. The quantitative estimate of drug-likeness (QED) is 0.433. The molecule has 3 N–H and O–H groups in total. The number of carbonyl (C=O) groups is 1. The van der Waals surface area contributed by atoms with E-state index in [0.29, 0.717) is 36.8 Å². The average molecular weight is 485 g/mol. The number of aromatic nitrogens is 3. The molecule has 1 amide bonds. The van der Waals surface area contributed by atoms with Gasteiger partial charge < -0.3 is 16.0 Å². The fourth-order valence-electron chi connectivity index (χ4n) is 5.41. The number of benzene rings is 2. The molecule has 176 valence electrons. The van der Waals surface area contributed by atoms with Crippen LogP contribution < -0.4 is 16.0 Å². The second-order valence-corrected chi connectivity index (χ2v) is 9.65. The van der Waals surface area contributed by atoms with Crippen LogP contribution in [0.4, 0.5) is 17.2 Å². The average Bonchev–Trinajstić information content (AvgIpc) is 3.43. The van der Waals surface area contributed by atoms with Crippen LogP contribution in [0.3, 0.4) is 0 Å². The summed E-state index contributed by atoms with van der Waals surface area (Å²) in [4.78, 5) is 19.6. The van der Waals surface area contributed by atoms with Crippen LogP contribution in [0.15, 0.2) is 67.1 Å². The first-order chi connectivity index (χ1) is 17.0. The van der Waals surface area contributed by atoms with Crippen molar-refractivity contribution in [3.05, 3.63) is 77.7 Å². The fourth-order valence-corrected chi connectivity index (χ4v) is 5.68. The summed E-state index contributed by atoms with van der Waals surface area (Å²) >= 11 is 6.75. The van der Waals surface area contributed by atoms with Gasteiger partial charge in [-0.05, 0) is 35.6 Å². The Morgan fingerprint density at radius 2 is 1.71 bits per heavy atom. The van der Waals surface area contributed by atoms with Crippen LogP contribution in [0.2, 0.25) is 5.02 Å². The molecule has 2 aromatic carbocycles. The Labute approximate surface area is 208 Å². The topological polar surface area (TPSA) is 89.1 Å². The lowest BCUT2D eigenvalue weighted by Gasteiger charge is -2.40. The zero-order valence-electron chi connectivity index (χ0n) is 19.3. The number of amides is 1. The van der Waals surface area contributed by atoms with Gasteiger partial charge in [-0.1, -0.05) is 54.1 Å². The number of nitrogen functional groups attached to an aromatic ring is 1. The highest BCUT2D eigenvalue weighted by molar-refractivity contribution is 6.36. The second kappa shape index (κ2) is 8.13. The number of nitrogens with zero attached hydrogens (tertiary/aromatic N) is 4. The minimum Gasteiger partial charge on any atom is -0.382 e. The first-order valence-corrected chi connectivity index (χ1v) is 12.0. The van der Waals surface area contributed by atoms with Gasteiger partial charge in [0.15, 0.2) is 0 Å². The van der Waals surface area contributed by atoms with Crippen molar-refractivity contribution in [2.75, 3.05) is 29.0 Å². The van der Waals surface area contributed by atoms with Crippen LogP contribution in [-0.2, 0) is 17.3 Å². The standard InChI is InChI=1S/C27H25ClN6O/c1-33-16-19(14-31-33)17-6-8-18(9-7-17)20-15-30-25(29)23(28)24(20)34-12-10-27(11-13-34)21-4-2-3-5-22(21)32-26(27)35/h2-9,14-16H,10-13H2,1H3,(H2,29,30)(H,32,35). The maximum Gasteiger partial charge on any atom is 0.235 e. The van der Waals surface area contributed by atoms with Crippen molar-refractivity contribution in [3.63, 3.8) is 0 Å². The van der Waals surface area contributed by atoms with Gasteiger partial charge in [-0.3, -0.25) is 9.48 Å². The number of rotatable bonds is 3. The molecule has 0 aliphatic carbocycles. The minimum atomic E-state index is -0.496. The van der Waals surface area contributed by atoms with E-state index >= 15 is 0 Å². The molecule has 4 heterocycles. The Morgan fingerprint density at radius 1 is 1.00 bits per heavy atom. The number of nitrogens with two attached hydrogens (primary N) is 1. The molecule has 1 spiro atoms. The number of para-hydroxylation sites is 1. The number of piperidine rings is 1. The predicted molar refractivity (Wildman–Crippen MR) is 139 cm³/mol. The molecule has 6 rings (SSSR count). The number of carbonyl (C=O) groups excluding carboxylic acids is 1. The number of pyridine rings is 1. The summed E-state index contributed by atoms with van der Waals surface area (Å²) < 4.78 is 1.79. The van der Waals surface area contributed by atoms with Crippen molar-refractivity contribution < 1.29 is 4.79 Å². The molecule has 0 unspecified atom stereocenters. The first-order valence-electron chi connectivity index (χ1n) is 11.7. The van der Waals surface area contributed by atoms with E-state index in [2.05, 4.69) is 50.6 Å².